The maximum absolute atomic E-state index is 13.0. The zero-order valence-corrected chi connectivity index (χ0v) is 17.3. The zero-order valence-electron chi connectivity index (χ0n) is 17.3. The van der Waals surface area contributed by atoms with Crippen molar-refractivity contribution in [1.29, 1.82) is 0 Å². The van der Waals surface area contributed by atoms with Gasteiger partial charge in [-0.2, -0.15) is 0 Å². The molecule has 0 aliphatic carbocycles. The van der Waals surface area contributed by atoms with Gasteiger partial charge >= 0.3 is 0 Å². The molecule has 0 unspecified atom stereocenters. The number of fused-ring (bicyclic) bond motifs is 1. The first-order valence-electron chi connectivity index (χ1n) is 9.71. The summed E-state index contributed by atoms with van der Waals surface area (Å²) >= 11 is 0. The van der Waals surface area contributed by atoms with Gasteiger partial charge in [-0.05, 0) is 47.7 Å². The lowest BCUT2D eigenvalue weighted by Crippen LogP contribution is -2.37. The summed E-state index contributed by atoms with van der Waals surface area (Å²) < 4.78 is 10.7. The molecule has 154 valence electrons. The van der Waals surface area contributed by atoms with Crippen LogP contribution in [-0.2, 0) is 13.0 Å². The van der Waals surface area contributed by atoms with Crippen LogP contribution in [0.25, 0.3) is 0 Å². The molecule has 7 nitrogen and oxygen atoms in total. The SMILES string of the molecule is COc1cc2c(cc1OC)CN(C(=O)c1cccc(C(=O)NCC(C)C)n1)CC2. The maximum atomic E-state index is 13.0. The number of ether oxygens (including phenoxy) is 2. The lowest BCUT2D eigenvalue weighted by molar-refractivity contribution is 0.0728. The largest absolute Gasteiger partial charge is 0.493 e. The third kappa shape index (κ3) is 4.67. The summed E-state index contributed by atoms with van der Waals surface area (Å²) in [6.07, 6.45) is 0.718. The molecule has 2 aromatic rings. The smallest absolute Gasteiger partial charge is 0.272 e. The Labute approximate surface area is 171 Å². The van der Waals surface area contributed by atoms with E-state index in [1.807, 2.05) is 26.0 Å². The second-order valence-corrected chi connectivity index (χ2v) is 7.46. The Balaban J connectivity index is 1.77. The number of pyridine rings is 1. The Morgan fingerprint density at radius 3 is 2.41 bits per heavy atom. The number of nitrogens with zero attached hydrogens (tertiary/aromatic N) is 2. The molecule has 1 aromatic heterocycles. The highest BCUT2D eigenvalue weighted by Crippen LogP contribution is 2.33. The monoisotopic (exact) mass is 397 g/mol. The lowest BCUT2D eigenvalue weighted by Gasteiger charge is -2.29. The van der Waals surface area contributed by atoms with Crippen molar-refractivity contribution in [1.82, 2.24) is 15.2 Å². The molecule has 1 aliphatic rings. The summed E-state index contributed by atoms with van der Waals surface area (Å²) in [6, 6.07) is 8.84. The average Bonchev–Trinajstić information content (AvgIpc) is 2.75. The van der Waals surface area contributed by atoms with Gasteiger partial charge < -0.3 is 19.7 Å². The van der Waals surface area contributed by atoms with Gasteiger partial charge in [0.05, 0.1) is 14.2 Å². The van der Waals surface area contributed by atoms with Gasteiger partial charge in [0.25, 0.3) is 11.8 Å². The second-order valence-electron chi connectivity index (χ2n) is 7.46. The predicted octanol–water partition coefficient (Wildman–Crippen LogP) is 2.68. The molecule has 0 atom stereocenters. The third-order valence-electron chi connectivity index (χ3n) is 4.88. The predicted molar refractivity (Wildman–Crippen MR) is 109 cm³/mol. The Morgan fingerprint density at radius 2 is 1.76 bits per heavy atom. The van der Waals surface area contributed by atoms with Crippen molar-refractivity contribution in [3.8, 4) is 11.5 Å². The number of hydrogen-bond donors (Lipinski definition) is 1. The second kappa shape index (κ2) is 8.94. The number of nitrogens with one attached hydrogen (secondary N) is 1. The molecule has 0 spiro atoms. The third-order valence-corrected chi connectivity index (χ3v) is 4.88. The Morgan fingerprint density at radius 1 is 1.10 bits per heavy atom. The lowest BCUT2D eigenvalue weighted by atomic mass is 9.98. The Bertz CT molecular complexity index is 911. The van der Waals surface area contributed by atoms with Crippen LogP contribution in [0.1, 0.15) is 46.0 Å². The van der Waals surface area contributed by atoms with Crippen molar-refractivity contribution in [2.45, 2.75) is 26.8 Å². The molecule has 1 N–H and O–H groups in total. The van der Waals surface area contributed by atoms with Crippen LogP contribution in [0.5, 0.6) is 11.5 Å². The summed E-state index contributed by atoms with van der Waals surface area (Å²) in [6.45, 7) is 5.64. The highest BCUT2D eigenvalue weighted by Gasteiger charge is 2.25. The van der Waals surface area contributed by atoms with Crippen molar-refractivity contribution < 1.29 is 19.1 Å². The van der Waals surface area contributed by atoms with E-state index in [0.29, 0.717) is 37.1 Å². The molecular formula is C22H27N3O4. The van der Waals surface area contributed by atoms with Crippen molar-refractivity contribution in [3.05, 3.63) is 52.8 Å². The number of hydrogen-bond acceptors (Lipinski definition) is 5. The van der Waals surface area contributed by atoms with Crippen molar-refractivity contribution >= 4 is 11.8 Å². The van der Waals surface area contributed by atoms with Crippen LogP contribution >= 0.6 is 0 Å². The van der Waals surface area contributed by atoms with Crippen molar-refractivity contribution in [2.24, 2.45) is 5.92 Å². The number of rotatable bonds is 6. The van der Waals surface area contributed by atoms with Crippen LogP contribution in [0.15, 0.2) is 30.3 Å². The van der Waals surface area contributed by atoms with E-state index < -0.39 is 0 Å². The Kier molecular flexibility index (Phi) is 6.36. The van der Waals surface area contributed by atoms with E-state index in [2.05, 4.69) is 10.3 Å². The number of carbonyl (C=O) groups excluding carboxylic acids is 2. The number of amides is 2. The van der Waals surface area contributed by atoms with Crippen molar-refractivity contribution in [3.63, 3.8) is 0 Å². The van der Waals surface area contributed by atoms with E-state index in [0.717, 1.165) is 17.5 Å². The molecular weight excluding hydrogens is 370 g/mol. The minimum absolute atomic E-state index is 0.191. The number of benzene rings is 1. The minimum Gasteiger partial charge on any atom is -0.493 e. The summed E-state index contributed by atoms with van der Waals surface area (Å²) in [4.78, 5) is 31.3. The quantitative estimate of drug-likeness (QED) is 0.811. The van der Waals surface area contributed by atoms with Crippen molar-refractivity contribution in [2.75, 3.05) is 27.3 Å². The number of aromatic nitrogens is 1. The van der Waals surface area contributed by atoms with Crippen LogP contribution in [0.2, 0.25) is 0 Å². The fraction of sp³-hybridized carbons (Fsp3) is 0.409. The van der Waals surface area contributed by atoms with Crippen LogP contribution in [0.4, 0.5) is 0 Å². The first kappa shape index (κ1) is 20.6. The highest BCUT2D eigenvalue weighted by atomic mass is 16.5. The van der Waals surface area contributed by atoms with E-state index in [9.17, 15) is 9.59 Å². The number of methoxy groups -OCH3 is 2. The topological polar surface area (TPSA) is 80.8 Å². The van der Waals surface area contributed by atoms with E-state index >= 15 is 0 Å². The molecule has 29 heavy (non-hydrogen) atoms. The van der Waals surface area contributed by atoms with Crippen LogP contribution < -0.4 is 14.8 Å². The molecule has 2 amide bonds. The van der Waals surface area contributed by atoms with Gasteiger partial charge in [-0.15, -0.1) is 0 Å². The van der Waals surface area contributed by atoms with Crippen LogP contribution in [0.3, 0.4) is 0 Å². The first-order chi connectivity index (χ1) is 13.9. The van der Waals surface area contributed by atoms with Gasteiger partial charge in [-0.25, -0.2) is 4.98 Å². The molecule has 0 radical (unpaired) electrons. The summed E-state index contributed by atoms with van der Waals surface area (Å²) in [7, 11) is 3.20. The normalized spacial score (nSPS) is 13.1. The van der Waals surface area contributed by atoms with Gasteiger partial charge in [0.2, 0.25) is 0 Å². The first-order valence-corrected chi connectivity index (χ1v) is 9.71. The summed E-state index contributed by atoms with van der Waals surface area (Å²) in [5.74, 6) is 1.21. The Hall–Kier alpha value is -3.09. The molecule has 7 heteroatoms. The van der Waals surface area contributed by atoms with Crippen LogP contribution in [-0.4, -0.2) is 49.0 Å². The molecule has 0 saturated carbocycles. The van der Waals surface area contributed by atoms with Gasteiger partial charge in [-0.1, -0.05) is 19.9 Å². The molecule has 0 fully saturated rings. The molecule has 1 aromatic carbocycles. The molecule has 2 heterocycles. The van der Waals surface area contributed by atoms with Gasteiger partial charge in [0.15, 0.2) is 11.5 Å². The molecule has 1 aliphatic heterocycles. The summed E-state index contributed by atoms with van der Waals surface area (Å²) in [5.41, 5.74) is 2.68. The van der Waals surface area contributed by atoms with Gasteiger partial charge in [0.1, 0.15) is 11.4 Å². The van der Waals surface area contributed by atoms with E-state index in [1.165, 1.54) is 0 Å². The maximum Gasteiger partial charge on any atom is 0.272 e. The molecule has 0 saturated heterocycles. The van der Waals surface area contributed by atoms with E-state index in [4.69, 9.17) is 9.47 Å². The fourth-order valence-corrected chi connectivity index (χ4v) is 3.29. The van der Waals surface area contributed by atoms with Gasteiger partial charge in [-0.3, -0.25) is 9.59 Å². The standard InChI is InChI=1S/C22H27N3O4/c1-14(2)12-23-21(26)17-6-5-7-18(24-17)22(27)25-9-8-15-10-19(28-3)20(29-4)11-16(15)13-25/h5-7,10-11,14H,8-9,12-13H2,1-4H3,(H,23,26). The van der Waals surface area contributed by atoms with Gasteiger partial charge in [0, 0.05) is 19.6 Å². The molecule has 3 rings (SSSR count). The minimum atomic E-state index is -0.269. The van der Waals surface area contributed by atoms with Crippen LogP contribution in [0, 0.1) is 5.92 Å². The van der Waals surface area contributed by atoms with E-state index in [1.54, 1.807) is 37.3 Å². The summed E-state index contributed by atoms with van der Waals surface area (Å²) in [5, 5.41) is 2.83. The molecule has 0 bridgehead atoms. The fourth-order valence-electron chi connectivity index (χ4n) is 3.29. The number of carbonyl (C=O) groups is 2. The highest BCUT2D eigenvalue weighted by molar-refractivity contribution is 5.96. The van der Waals surface area contributed by atoms with E-state index in [-0.39, 0.29) is 23.2 Å². The zero-order chi connectivity index (χ0) is 21.0. The average molecular weight is 397 g/mol.